The van der Waals surface area contributed by atoms with Gasteiger partial charge in [-0.3, -0.25) is 45.3 Å². The van der Waals surface area contributed by atoms with Crippen LogP contribution in [-0.2, 0) is 9.53 Å². The highest BCUT2D eigenvalue weighted by Gasteiger charge is 2.42. The van der Waals surface area contributed by atoms with E-state index in [2.05, 4.69) is 0 Å². The minimum atomic E-state index is -1.90. The lowest BCUT2D eigenvalue weighted by molar-refractivity contribution is -0.423. The zero-order valence-corrected chi connectivity index (χ0v) is 15.1. The first kappa shape index (κ1) is 21.8. The summed E-state index contributed by atoms with van der Waals surface area (Å²) in [6.45, 7) is 1.18. The van der Waals surface area contributed by atoms with Crippen LogP contribution in [0.2, 0.25) is 0 Å². The first-order valence-corrected chi connectivity index (χ1v) is 8.11. The van der Waals surface area contributed by atoms with Gasteiger partial charge in [0.1, 0.15) is 5.92 Å². The number of nitro groups is 4. The standard InChI is InChI=1S/C16H12N4O10/c1-2-30-16(21)13(9-5-3-7-11(17(22)23)14(9)19(26)27)10-6-4-8-12(18(24)25)15(10)20(28)29/h3-8,13H,2H2,1H3. The van der Waals surface area contributed by atoms with Gasteiger partial charge in [-0.1, -0.05) is 24.3 Å². The van der Waals surface area contributed by atoms with Crippen LogP contribution in [0.25, 0.3) is 0 Å². The molecule has 156 valence electrons. The quantitative estimate of drug-likeness (QED) is 0.347. The van der Waals surface area contributed by atoms with E-state index in [0.29, 0.717) is 0 Å². The van der Waals surface area contributed by atoms with Crippen molar-refractivity contribution in [2.45, 2.75) is 12.8 Å². The molecule has 0 aromatic heterocycles. The summed E-state index contributed by atoms with van der Waals surface area (Å²) >= 11 is 0. The van der Waals surface area contributed by atoms with Crippen molar-refractivity contribution < 1.29 is 29.2 Å². The molecule has 0 aliphatic rings. The van der Waals surface area contributed by atoms with Gasteiger partial charge in [0, 0.05) is 12.1 Å². The van der Waals surface area contributed by atoms with Crippen molar-refractivity contribution in [3.8, 4) is 0 Å². The number of esters is 1. The molecule has 0 radical (unpaired) electrons. The van der Waals surface area contributed by atoms with E-state index in [1.165, 1.54) is 6.92 Å². The Hall–Kier alpha value is -4.49. The van der Waals surface area contributed by atoms with E-state index in [-0.39, 0.29) is 6.61 Å². The lowest BCUT2D eigenvalue weighted by Gasteiger charge is -2.16. The Balaban J connectivity index is 2.96. The van der Waals surface area contributed by atoms with E-state index in [1.807, 2.05) is 0 Å². The fourth-order valence-electron chi connectivity index (χ4n) is 2.90. The molecule has 0 saturated carbocycles. The molecule has 0 amide bonds. The molecule has 2 rings (SSSR count). The smallest absolute Gasteiger partial charge is 0.350 e. The lowest BCUT2D eigenvalue weighted by Crippen LogP contribution is -2.20. The number of para-hydroxylation sites is 2. The molecule has 14 heteroatoms. The second-order valence-corrected chi connectivity index (χ2v) is 5.64. The van der Waals surface area contributed by atoms with Gasteiger partial charge in [-0.25, -0.2) is 0 Å². The van der Waals surface area contributed by atoms with Crippen molar-refractivity contribution in [3.05, 3.63) is 88.0 Å². The van der Waals surface area contributed by atoms with Gasteiger partial charge in [-0.2, -0.15) is 0 Å². The van der Waals surface area contributed by atoms with Crippen molar-refractivity contribution in [2.24, 2.45) is 0 Å². The Kier molecular flexibility index (Phi) is 6.31. The Morgan fingerprint density at radius 3 is 1.50 bits per heavy atom. The highest BCUT2D eigenvalue weighted by Crippen LogP contribution is 2.43. The third-order valence-corrected chi connectivity index (χ3v) is 3.99. The van der Waals surface area contributed by atoms with Crippen LogP contribution < -0.4 is 0 Å². The van der Waals surface area contributed by atoms with Crippen LogP contribution in [0.3, 0.4) is 0 Å². The summed E-state index contributed by atoms with van der Waals surface area (Å²) in [5, 5.41) is 45.6. The van der Waals surface area contributed by atoms with Gasteiger partial charge < -0.3 is 4.74 Å². The molecule has 0 fully saturated rings. The molecule has 0 aliphatic heterocycles. The number of nitrogens with zero attached hydrogens (tertiary/aromatic N) is 4. The van der Waals surface area contributed by atoms with Gasteiger partial charge in [-0.15, -0.1) is 0 Å². The van der Waals surface area contributed by atoms with Crippen LogP contribution in [0, 0.1) is 40.5 Å². The number of rotatable bonds is 8. The second-order valence-electron chi connectivity index (χ2n) is 5.64. The third kappa shape index (κ3) is 4.01. The third-order valence-electron chi connectivity index (χ3n) is 3.99. The largest absolute Gasteiger partial charge is 0.465 e. The van der Waals surface area contributed by atoms with E-state index < -0.39 is 65.5 Å². The fourth-order valence-corrected chi connectivity index (χ4v) is 2.90. The molecule has 0 N–H and O–H groups in total. The zero-order chi connectivity index (χ0) is 22.6. The molecule has 2 aromatic carbocycles. The van der Waals surface area contributed by atoms with E-state index in [4.69, 9.17) is 4.74 Å². The molecule has 0 heterocycles. The molecular weight excluding hydrogens is 408 g/mol. The SMILES string of the molecule is CCOC(=O)C(c1cccc([N+](=O)[O-])c1[N+](=O)[O-])c1cccc([N+](=O)[O-])c1[N+](=O)[O-]. The van der Waals surface area contributed by atoms with Crippen LogP contribution in [0.5, 0.6) is 0 Å². The Labute approximate surface area is 166 Å². The monoisotopic (exact) mass is 420 g/mol. The summed E-state index contributed by atoms with van der Waals surface area (Å²) in [7, 11) is 0. The van der Waals surface area contributed by atoms with E-state index in [1.54, 1.807) is 0 Å². The summed E-state index contributed by atoms with van der Waals surface area (Å²) in [5.41, 5.74) is -5.23. The minimum absolute atomic E-state index is 0.221. The minimum Gasteiger partial charge on any atom is -0.465 e. The van der Waals surface area contributed by atoms with Gasteiger partial charge >= 0.3 is 28.7 Å². The molecular formula is C16H12N4O10. The lowest BCUT2D eigenvalue weighted by atomic mass is 9.88. The van der Waals surface area contributed by atoms with Crippen molar-refractivity contribution in [1.29, 1.82) is 0 Å². The maximum atomic E-state index is 12.6. The molecule has 0 bridgehead atoms. The first-order chi connectivity index (χ1) is 14.1. The molecule has 30 heavy (non-hydrogen) atoms. The molecule has 0 aliphatic carbocycles. The summed E-state index contributed by atoms with van der Waals surface area (Å²) < 4.78 is 4.86. The maximum absolute atomic E-state index is 12.6. The summed E-state index contributed by atoms with van der Waals surface area (Å²) in [6.07, 6.45) is 0. The second kappa shape index (κ2) is 8.68. The van der Waals surface area contributed by atoms with Crippen LogP contribution in [0.15, 0.2) is 36.4 Å². The van der Waals surface area contributed by atoms with Gasteiger partial charge in [0.25, 0.3) is 0 Å². The van der Waals surface area contributed by atoms with Crippen molar-refractivity contribution in [2.75, 3.05) is 6.61 Å². The van der Waals surface area contributed by atoms with Crippen molar-refractivity contribution >= 4 is 28.7 Å². The predicted octanol–water partition coefficient (Wildman–Crippen LogP) is 3.01. The Morgan fingerprint density at radius 2 is 1.20 bits per heavy atom. The molecule has 0 atom stereocenters. The Bertz CT molecular complexity index is 992. The van der Waals surface area contributed by atoms with Crippen molar-refractivity contribution in [3.63, 3.8) is 0 Å². The highest BCUT2D eigenvalue weighted by molar-refractivity contribution is 5.87. The van der Waals surface area contributed by atoms with Crippen molar-refractivity contribution in [1.82, 2.24) is 0 Å². The molecule has 0 unspecified atom stereocenters. The topological polar surface area (TPSA) is 199 Å². The van der Waals surface area contributed by atoms with Crippen LogP contribution >= 0.6 is 0 Å². The van der Waals surface area contributed by atoms with Crippen LogP contribution in [0.1, 0.15) is 24.0 Å². The molecule has 0 spiro atoms. The summed E-state index contributed by atoms with van der Waals surface area (Å²) in [5.74, 6) is -3.10. The van der Waals surface area contributed by atoms with Gasteiger partial charge in [0.15, 0.2) is 0 Å². The molecule has 2 aromatic rings. The predicted molar refractivity (Wildman–Crippen MR) is 98.0 cm³/mol. The fraction of sp³-hybridized carbons (Fsp3) is 0.188. The first-order valence-electron chi connectivity index (χ1n) is 8.11. The zero-order valence-electron chi connectivity index (χ0n) is 15.1. The van der Waals surface area contributed by atoms with E-state index >= 15 is 0 Å². The van der Waals surface area contributed by atoms with E-state index in [9.17, 15) is 45.3 Å². The normalized spacial score (nSPS) is 10.5. The van der Waals surface area contributed by atoms with Crippen LogP contribution in [-0.4, -0.2) is 32.3 Å². The highest BCUT2D eigenvalue weighted by atomic mass is 16.6. The number of benzene rings is 2. The summed E-state index contributed by atoms with van der Waals surface area (Å²) in [4.78, 5) is 53.9. The van der Waals surface area contributed by atoms with E-state index in [0.717, 1.165) is 36.4 Å². The number of carbonyl (C=O) groups excluding carboxylic acids is 1. The number of hydrogen-bond acceptors (Lipinski definition) is 10. The number of carbonyl (C=O) groups is 1. The van der Waals surface area contributed by atoms with Gasteiger partial charge in [-0.05, 0) is 6.92 Å². The molecule has 0 saturated heterocycles. The Morgan fingerprint density at radius 1 is 0.800 bits per heavy atom. The number of nitro benzene ring substituents is 4. The maximum Gasteiger partial charge on any atom is 0.350 e. The number of hydrogen-bond donors (Lipinski definition) is 0. The van der Waals surface area contributed by atoms with Gasteiger partial charge in [0.2, 0.25) is 0 Å². The van der Waals surface area contributed by atoms with Gasteiger partial charge in [0.05, 0.1) is 37.4 Å². The molecule has 14 nitrogen and oxygen atoms in total. The van der Waals surface area contributed by atoms with Crippen LogP contribution in [0.4, 0.5) is 22.7 Å². The number of ether oxygens (including phenoxy) is 1. The average Bonchev–Trinajstić information content (AvgIpc) is 2.67. The summed E-state index contributed by atoms with van der Waals surface area (Å²) in [6, 6.07) is 5.74. The average molecular weight is 420 g/mol.